The molecular formula is C24H14BNS. The molecule has 0 spiro atoms. The van der Waals surface area contributed by atoms with Gasteiger partial charge in [-0.15, -0.1) is 0 Å². The predicted molar refractivity (Wildman–Crippen MR) is 117 cm³/mol. The topological polar surface area (TPSA) is 4.93 Å². The molecule has 0 fully saturated rings. The first-order valence-corrected chi connectivity index (χ1v) is 10.2. The molecule has 1 nitrogen and oxygen atoms in total. The van der Waals surface area contributed by atoms with Crippen molar-refractivity contribution in [3.8, 4) is 16.8 Å². The maximum Gasteiger partial charge on any atom is 0.285 e. The van der Waals surface area contributed by atoms with E-state index >= 15 is 0 Å². The van der Waals surface area contributed by atoms with Gasteiger partial charge >= 0.3 is 0 Å². The molecule has 0 aliphatic carbocycles. The van der Waals surface area contributed by atoms with Crippen molar-refractivity contribution in [3.05, 3.63) is 84.9 Å². The number of para-hydroxylation sites is 2. The summed E-state index contributed by atoms with van der Waals surface area (Å²) >= 11 is 2.00. The molecule has 3 heterocycles. The molecule has 5 aromatic rings. The molecule has 7 rings (SSSR count). The molecule has 27 heavy (non-hydrogen) atoms. The molecule has 4 aromatic carbocycles. The van der Waals surface area contributed by atoms with Crippen LogP contribution in [0.4, 0.5) is 0 Å². The first-order chi connectivity index (χ1) is 13.4. The zero-order valence-electron chi connectivity index (χ0n) is 14.5. The molecule has 1 aromatic heterocycles. The van der Waals surface area contributed by atoms with Crippen LogP contribution in [-0.2, 0) is 0 Å². The summed E-state index contributed by atoms with van der Waals surface area (Å²) in [6.45, 7) is 0. The lowest BCUT2D eigenvalue weighted by molar-refractivity contribution is 1.19. The van der Waals surface area contributed by atoms with E-state index in [2.05, 4.69) is 89.5 Å². The second kappa shape index (κ2) is 4.87. The van der Waals surface area contributed by atoms with Crippen LogP contribution in [0.15, 0.2) is 89.8 Å². The van der Waals surface area contributed by atoms with Crippen molar-refractivity contribution in [1.82, 2.24) is 4.57 Å². The van der Waals surface area contributed by atoms with Crippen LogP contribution in [-0.4, -0.2) is 10.6 Å². The lowest BCUT2D eigenvalue weighted by Crippen LogP contribution is -2.47. The zero-order valence-corrected chi connectivity index (χ0v) is 15.3. The number of hydrogen-bond donors (Lipinski definition) is 0. The van der Waals surface area contributed by atoms with Crippen molar-refractivity contribution in [2.24, 2.45) is 0 Å². The standard InChI is InChI=1S/C24H14BNS/c1-4-10-20-15(7-1)18-14-13-17-16-8-2-6-12-22(16)27-25-19-9-3-5-11-21(19)26(20)24(18)23(17)25/h1-14H. The summed E-state index contributed by atoms with van der Waals surface area (Å²) in [4.78, 5) is 1.38. The van der Waals surface area contributed by atoms with Crippen LogP contribution >= 0.6 is 11.6 Å². The summed E-state index contributed by atoms with van der Waals surface area (Å²) in [6, 6.07) is 31.2. The van der Waals surface area contributed by atoms with Gasteiger partial charge in [0.25, 0.3) is 5.99 Å². The maximum atomic E-state index is 2.49. The number of fused-ring (bicyclic) bond motifs is 8. The summed E-state index contributed by atoms with van der Waals surface area (Å²) in [7, 11) is 0. The molecule has 0 N–H and O–H groups in total. The highest BCUT2D eigenvalue weighted by molar-refractivity contribution is 8.28. The van der Waals surface area contributed by atoms with Crippen LogP contribution in [0.5, 0.6) is 0 Å². The first-order valence-electron chi connectivity index (χ1n) is 9.33. The monoisotopic (exact) mass is 359 g/mol. The fourth-order valence-electron chi connectivity index (χ4n) is 4.94. The maximum absolute atomic E-state index is 2.49. The minimum absolute atomic E-state index is 0.353. The largest absolute Gasteiger partial charge is 0.310 e. The Morgan fingerprint density at radius 3 is 2.48 bits per heavy atom. The number of nitrogens with zero attached hydrogens (tertiary/aromatic N) is 1. The van der Waals surface area contributed by atoms with Gasteiger partial charge in [-0.25, -0.2) is 0 Å². The molecular weight excluding hydrogens is 345 g/mol. The highest BCUT2D eigenvalue weighted by atomic mass is 32.2. The van der Waals surface area contributed by atoms with Gasteiger partial charge in [0.15, 0.2) is 0 Å². The smallest absolute Gasteiger partial charge is 0.285 e. The van der Waals surface area contributed by atoms with Gasteiger partial charge in [-0.3, -0.25) is 0 Å². The van der Waals surface area contributed by atoms with Gasteiger partial charge in [0, 0.05) is 21.4 Å². The van der Waals surface area contributed by atoms with Gasteiger partial charge in [-0.05, 0) is 40.3 Å². The van der Waals surface area contributed by atoms with Crippen molar-refractivity contribution in [3.63, 3.8) is 0 Å². The highest BCUT2D eigenvalue weighted by Gasteiger charge is 2.38. The Morgan fingerprint density at radius 2 is 1.48 bits per heavy atom. The molecule has 0 bridgehead atoms. The van der Waals surface area contributed by atoms with Crippen LogP contribution in [0.2, 0.25) is 0 Å². The van der Waals surface area contributed by atoms with Crippen LogP contribution in [0.1, 0.15) is 0 Å². The van der Waals surface area contributed by atoms with E-state index in [1.165, 1.54) is 54.4 Å². The Bertz CT molecular complexity index is 1420. The minimum Gasteiger partial charge on any atom is -0.310 e. The Balaban J connectivity index is 1.78. The van der Waals surface area contributed by atoms with Gasteiger partial charge < -0.3 is 4.57 Å². The number of aromatic nitrogens is 1. The van der Waals surface area contributed by atoms with E-state index < -0.39 is 0 Å². The molecule has 2 aliphatic rings. The SMILES string of the molecule is c1ccc2c(c1)SB1c3ccccc3-n3c4ccccc4c4ccc-2c1c43. The Kier molecular flexibility index (Phi) is 2.56. The van der Waals surface area contributed by atoms with Gasteiger partial charge in [-0.1, -0.05) is 66.7 Å². The van der Waals surface area contributed by atoms with Crippen molar-refractivity contribution >= 4 is 50.3 Å². The fourth-order valence-corrected chi connectivity index (χ4v) is 6.34. The molecule has 0 saturated carbocycles. The Morgan fingerprint density at radius 1 is 0.667 bits per heavy atom. The van der Waals surface area contributed by atoms with E-state index in [9.17, 15) is 0 Å². The van der Waals surface area contributed by atoms with Gasteiger partial charge in [0.2, 0.25) is 0 Å². The normalized spacial score (nSPS) is 13.7. The molecule has 0 atom stereocenters. The third-order valence-corrected chi connectivity index (χ3v) is 7.36. The zero-order chi connectivity index (χ0) is 17.5. The Hall–Kier alpha value is -2.91. The van der Waals surface area contributed by atoms with E-state index in [1.54, 1.807) is 0 Å². The summed E-state index contributed by atoms with van der Waals surface area (Å²) in [6.07, 6.45) is 0. The molecule has 0 unspecified atom stereocenters. The van der Waals surface area contributed by atoms with Crippen LogP contribution in [0.25, 0.3) is 38.6 Å². The summed E-state index contributed by atoms with van der Waals surface area (Å²) in [5.41, 5.74) is 9.67. The van der Waals surface area contributed by atoms with E-state index in [0.717, 1.165) is 0 Å². The van der Waals surface area contributed by atoms with Crippen LogP contribution in [0.3, 0.4) is 0 Å². The molecule has 0 saturated heterocycles. The number of benzene rings is 4. The Labute approximate surface area is 161 Å². The van der Waals surface area contributed by atoms with Crippen LogP contribution < -0.4 is 10.9 Å². The minimum atomic E-state index is 0.353. The second-order valence-electron chi connectivity index (χ2n) is 7.33. The lowest BCUT2D eigenvalue weighted by Gasteiger charge is -2.32. The molecule has 124 valence electrons. The summed E-state index contributed by atoms with van der Waals surface area (Å²) in [5.74, 6) is 0.353. The average Bonchev–Trinajstić information content (AvgIpc) is 3.08. The van der Waals surface area contributed by atoms with Crippen molar-refractivity contribution in [2.45, 2.75) is 4.90 Å². The average molecular weight is 359 g/mol. The van der Waals surface area contributed by atoms with Crippen LogP contribution in [0, 0.1) is 0 Å². The second-order valence-corrected chi connectivity index (χ2v) is 8.48. The molecule has 3 heteroatoms. The van der Waals surface area contributed by atoms with Gasteiger partial charge in [0.05, 0.1) is 11.0 Å². The first kappa shape index (κ1) is 14.2. The van der Waals surface area contributed by atoms with Crippen molar-refractivity contribution < 1.29 is 0 Å². The van der Waals surface area contributed by atoms with E-state index in [-0.39, 0.29) is 0 Å². The van der Waals surface area contributed by atoms with Gasteiger partial charge in [-0.2, -0.15) is 11.6 Å². The summed E-state index contributed by atoms with van der Waals surface area (Å²) < 4.78 is 2.49. The van der Waals surface area contributed by atoms with E-state index in [4.69, 9.17) is 0 Å². The van der Waals surface area contributed by atoms with Crippen molar-refractivity contribution in [2.75, 3.05) is 0 Å². The third-order valence-electron chi connectivity index (χ3n) is 6.02. The molecule has 2 aliphatic heterocycles. The number of hydrogen-bond acceptors (Lipinski definition) is 1. The quantitative estimate of drug-likeness (QED) is 0.353. The van der Waals surface area contributed by atoms with Gasteiger partial charge in [0.1, 0.15) is 0 Å². The van der Waals surface area contributed by atoms with Crippen molar-refractivity contribution in [1.29, 1.82) is 0 Å². The molecule has 0 radical (unpaired) electrons. The van der Waals surface area contributed by atoms with E-state index in [1.807, 2.05) is 11.6 Å². The summed E-state index contributed by atoms with van der Waals surface area (Å²) in [5, 5.41) is 2.71. The molecule has 0 amide bonds. The number of rotatable bonds is 0. The van der Waals surface area contributed by atoms with E-state index in [0.29, 0.717) is 5.99 Å². The third kappa shape index (κ3) is 1.64. The lowest BCUT2D eigenvalue weighted by atomic mass is 9.57. The fraction of sp³-hybridized carbons (Fsp3) is 0. The highest BCUT2D eigenvalue weighted by Crippen LogP contribution is 2.43. The predicted octanol–water partition coefficient (Wildman–Crippen LogP) is 4.98.